The summed E-state index contributed by atoms with van der Waals surface area (Å²) in [6.45, 7) is 3.19. The van der Waals surface area contributed by atoms with E-state index in [2.05, 4.69) is 5.16 Å². The summed E-state index contributed by atoms with van der Waals surface area (Å²) in [6.07, 6.45) is 1.74. The van der Waals surface area contributed by atoms with Gasteiger partial charge in [-0.15, -0.1) is 0 Å². The molecule has 1 spiro atoms. The van der Waals surface area contributed by atoms with Gasteiger partial charge < -0.3 is 24.0 Å². The van der Waals surface area contributed by atoms with Crippen molar-refractivity contribution in [3.63, 3.8) is 0 Å². The molecule has 9 nitrogen and oxygen atoms in total. The number of hydrogen-bond donors (Lipinski definition) is 1. The van der Waals surface area contributed by atoms with Crippen molar-refractivity contribution in [3.8, 4) is 0 Å². The number of nitrogens with one attached hydrogen (secondary N) is 1. The summed E-state index contributed by atoms with van der Waals surface area (Å²) in [5, 5.41) is 2.22. The van der Waals surface area contributed by atoms with Crippen molar-refractivity contribution in [1.82, 2.24) is 19.9 Å². The van der Waals surface area contributed by atoms with Crippen molar-refractivity contribution in [2.45, 2.75) is 31.3 Å². The number of amides is 2. The van der Waals surface area contributed by atoms with Crippen LogP contribution in [0.3, 0.4) is 0 Å². The molecule has 1 N–H and O–H groups in total. The number of nitrogens with zero attached hydrogens (tertiary/aromatic N) is 3. The number of carbonyl (C=O) groups is 2. The number of piperidine rings is 1. The Balaban J connectivity index is 1.47. The summed E-state index contributed by atoms with van der Waals surface area (Å²) >= 11 is 0. The molecule has 0 atom stereocenters. The SMILES string of the molecule is CN(C)CCN1CC2(CCN(C(=O)CCc3cc(=O)[nH]o3)CC2)OC1=O. The Bertz CT molecular complexity index is 702. The Morgan fingerprint density at radius 2 is 2.04 bits per heavy atom. The highest BCUT2D eigenvalue weighted by atomic mass is 16.6. The van der Waals surface area contributed by atoms with Crippen molar-refractivity contribution < 1.29 is 18.8 Å². The first-order valence-electron chi connectivity index (χ1n) is 8.95. The molecule has 2 amide bonds. The molecule has 0 aromatic carbocycles. The first kappa shape index (κ1) is 18.5. The van der Waals surface area contributed by atoms with Crippen molar-refractivity contribution in [2.24, 2.45) is 0 Å². The maximum Gasteiger partial charge on any atom is 0.410 e. The smallest absolute Gasteiger partial charge is 0.410 e. The molecule has 2 aliphatic heterocycles. The molecule has 0 aliphatic carbocycles. The second-order valence-corrected chi connectivity index (χ2v) is 7.34. The zero-order chi connectivity index (χ0) is 18.7. The van der Waals surface area contributed by atoms with Crippen molar-refractivity contribution in [3.05, 3.63) is 22.2 Å². The number of likely N-dealkylation sites (tertiary alicyclic amines) is 1. The zero-order valence-corrected chi connectivity index (χ0v) is 15.3. The molecule has 3 rings (SSSR count). The van der Waals surface area contributed by atoms with Gasteiger partial charge in [-0.3, -0.25) is 9.59 Å². The predicted molar refractivity (Wildman–Crippen MR) is 92.8 cm³/mol. The molecule has 1 aromatic rings. The zero-order valence-electron chi connectivity index (χ0n) is 15.3. The molecule has 0 radical (unpaired) electrons. The number of rotatable bonds is 6. The van der Waals surface area contributed by atoms with Gasteiger partial charge in [-0.25, -0.2) is 4.79 Å². The third-order valence-corrected chi connectivity index (χ3v) is 5.05. The number of aromatic amines is 1. The number of aromatic nitrogens is 1. The molecule has 2 saturated heterocycles. The Hall–Kier alpha value is -2.29. The number of ether oxygens (including phenoxy) is 1. The lowest BCUT2D eigenvalue weighted by atomic mass is 9.91. The Labute approximate surface area is 151 Å². The van der Waals surface area contributed by atoms with Crippen molar-refractivity contribution in [1.29, 1.82) is 0 Å². The lowest BCUT2D eigenvalue weighted by molar-refractivity contribution is -0.134. The van der Waals surface area contributed by atoms with E-state index >= 15 is 0 Å². The third kappa shape index (κ3) is 4.27. The van der Waals surface area contributed by atoms with Crippen LogP contribution in [0.15, 0.2) is 15.4 Å². The fraction of sp³-hybridized carbons (Fsp3) is 0.706. The van der Waals surface area contributed by atoms with Crippen LogP contribution >= 0.6 is 0 Å². The lowest BCUT2D eigenvalue weighted by Gasteiger charge is -2.37. The molecule has 144 valence electrons. The highest BCUT2D eigenvalue weighted by Crippen LogP contribution is 2.33. The van der Waals surface area contributed by atoms with Crippen LogP contribution in [0.1, 0.15) is 25.0 Å². The molecule has 9 heteroatoms. The maximum atomic E-state index is 12.4. The van der Waals surface area contributed by atoms with Crippen molar-refractivity contribution in [2.75, 3.05) is 46.8 Å². The summed E-state index contributed by atoms with van der Waals surface area (Å²) < 4.78 is 10.6. The fourth-order valence-corrected chi connectivity index (χ4v) is 3.44. The number of likely N-dealkylation sites (N-methyl/N-ethyl adjacent to an activating group) is 1. The third-order valence-electron chi connectivity index (χ3n) is 5.05. The average molecular weight is 366 g/mol. The quantitative estimate of drug-likeness (QED) is 0.776. The van der Waals surface area contributed by atoms with E-state index in [0.717, 1.165) is 6.54 Å². The Kier molecular flexibility index (Phi) is 5.36. The van der Waals surface area contributed by atoms with Crippen LogP contribution in [0.2, 0.25) is 0 Å². The van der Waals surface area contributed by atoms with Gasteiger partial charge in [-0.2, -0.15) is 5.16 Å². The van der Waals surface area contributed by atoms with Crippen LogP contribution in [0.4, 0.5) is 4.79 Å². The normalized spacial score (nSPS) is 19.4. The van der Waals surface area contributed by atoms with Gasteiger partial charge in [-0.1, -0.05) is 0 Å². The second-order valence-electron chi connectivity index (χ2n) is 7.34. The van der Waals surface area contributed by atoms with Crippen LogP contribution in [0, 0.1) is 0 Å². The van der Waals surface area contributed by atoms with Crippen LogP contribution in [-0.4, -0.2) is 84.3 Å². The lowest BCUT2D eigenvalue weighted by Crippen LogP contribution is -2.49. The summed E-state index contributed by atoms with van der Waals surface area (Å²) in [4.78, 5) is 41.1. The average Bonchev–Trinajstić information content (AvgIpc) is 3.15. The van der Waals surface area contributed by atoms with Gasteiger partial charge in [0.1, 0.15) is 11.4 Å². The van der Waals surface area contributed by atoms with Gasteiger partial charge in [0.2, 0.25) is 5.91 Å². The molecule has 3 heterocycles. The maximum absolute atomic E-state index is 12.4. The minimum absolute atomic E-state index is 0.0255. The Morgan fingerprint density at radius 1 is 1.31 bits per heavy atom. The van der Waals surface area contributed by atoms with Crippen LogP contribution in [0.5, 0.6) is 0 Å². The molecule has 26 heavy (non-hydrogen) atoms. The topological polar surface area (TPSA) is 99.1 Å². The van der Waals surface area contributed by atoms with E-state index in [1.165, 1.54) is 6.07 Å². The van der Waals surface area contributed by atoms with E-state index in [1.54, 1.807) is 9.80 Å². The van der Waals surface area contributed by atoms with Gasteiger partial charge in [0.05, 0.1) is 6.54 Å². The number of H-pyrrole nitrogens is 1. The molecule has 1 aromatic heterocycles. The predicted octanol–water partition coefficient (Wildman–Crippen LogP) is 0.276. The van der Waals surface area contributed by atoms with E-state index in [4.69, 9.17) is 9.26 Å². The summed E-state index contributed by atoms with van der Waals surface area (Å²) in [7, 11) is 3.94. The largest absolute Gasteiger partial charge is 0.441 e. The monoisotopic (exact) mass is 366 g/mol. The molecule has 0 unspecified atom stereocenters. The van der Waals surface area contributed by atoms with Gasteiger partial charge in [0.25, 0.3) is 5.56 Å². The van der Waals surface area contributed by atoms with E-state index in [0.29, 0.717) is 57.6 Å². The standard InChI is InChI=1S/C17H26N4O5/c1-19(2)9-10-21-12-17(25-16(21)24)5-7-20(8-6-17)15(23)4-3-13-11-14(22)18-26-13/h11H,3-10,12H2,1-2H3,(H,18,22). The summed E-state index contributed by atoms with van der Waals surface area (Å²) in [5.74, 6) is 0.510. The van der Waals surface area contributed by atoms with E-state index in [1.807, 2.05) is 19.0 Å². The fourth-order valence-electron chi connectivity index (χ4n) is 3.44. The van der Waals surface area contributed by atoms with Gasteiger partial charge >= 0.3 is 6.09 Å². The van der Waals surface area contributed by atoms with Gasteiger partial charge in [0.15, 0.2) is 0 Å². The first-order valence-corrected chi connectivity index (χ1v) is 8.95. The molecule has 0 bridgehead atoms. The van der Waals surface area contributed by atoms with E-state index in [9.17, 15) is 14.4 Å². The molecular weight excluding hydrogens is 340 g/mol. The van der Waals surface area contributed by atoms with Crippen molar-refractivity contribution >= 4 is 12.0 Å². The number of aryl methyl sites for hydroxylation is 1. The summed E-state index contributed by atoms with van der Waals surface area (Å²) in [6, 6.07) is 1.36. The minimum atomic E-state index is -0.465. The molecular formula is C17H26N4O5. The minimum Gasteiger partial charge on any atom is -0.441 e. The number of carbonyl (C=O) groups excluding carboxylic acids is 2. The van der Waals surface area contributed by atoms with E-state index in [-0.39, 0.29) is 17.6 Å². The van der Waals surface area contributed by atoms with Crippen LogP contribution < -0.4 is 5.56 Å². The molecule has 2 fully saturated rings. The van der Waals surface area contributed by atoms with Crippen LogP contribution in [0.25, 0.3) is 0 Å². The Morgan fingerprint density at radius 3 is 2.65 bits per heavy atom. The highest BCUT2D eigenvalue weighted by Gasteiger charge is 2.47. The van der Waals surface area contributed by atoms with Gasteiger partial charge in [0, 0.05) is 57.9 Å². The molecule has 2 aliphatic rings. The number of hydrogen-bond acceptors (Lipinski definition) is 6. The highest BCUT2D eigenvalue weighted by molar-refractivity contribution is 5.76. The summed E-state index contributed by atoms with van der Waals surface area (Å²) in [5.41, 5.74) is -0.762. The molecule has 0 saturated carbocycles. The second kappa shape index (κ2) is 7.53. The first-order chi connectivity index (χ1) is 12.4. The van der Waals surface area contributed by atoms with Crippen LogP contribution in [-0.2, 0) is 16.0 Å². The van der Waals surface area contributed by atoms with Gasteiger partial charge in [-0.05, 0) is 14.1 Å². The van der Waals surface area contributed by atoms with E-state index < -0.39 is 5.60 Å².